The number of rotatable bonds is 8. The SMILES string of the molecule is COc1ccc(Cc2nc(-c3ccc(OC)cc3)c(-c3ccc(OC)cc3)c3cc(OC)ccc23)cc1. The Morgan fingerprint density at radius 3 is 1.54 bits per heavy atom. The van der Waals surface area contributed by atoms with E-state index < -0.39 is 0 Å². The van der Waals surface area contributed by atoms with Crippen molar-refractivity contribution in [3.05, 3.63) is 102 Å². The number of ether oxygens (including phenoxy) is 4. The average Bonchev–Trinajstić information content (AvgIpc) is 2.97. The number of nitrogens with zero attached hydrogens (tertiary/aromatic N) is 1. The fourth-order valence-corrected chi connectivity index (χ4v) is 4.57. The number of aromatic nitrogens is 1. The molecule has 5 aromatic rings. The number of fused-ring (bicyclic) bond motifs is 1. The van der Waals surface area contributed by atoms with Crippen molar-refractivity contribution in [1.29, 1.82) is 0 Å². The maximum Gasteiger partial charge on any atom is 0.119 e. The maximum atomic E-state index is 5.64. The molecule has 0 bridgehead atoms. The van der Waals surface area contributed by atoms with Crippen LogP contribution in [0.1, 0.15) is 11.3 Å². The quantitative estimate of drug-likeness (QED) is 0.230. The predicted molar refractivity (Wildman–Crippen MR) is 148 cm³/mol. The molecular weight excluding hydrogens is 462 g/mol. The molecule has 0 fully saturated rings. The average molecular weight is 492 g/mol. The highest BCUT2D eigenvalue weighted by molar-refractivity contribution is 6.04. The molecule has 5 heteroatoms. The van der Waals surface area contributed by atoms with Crippen LogP contribution in [-0.4, -0.2) is 33.4 Å². The van der Waals surface area contributed by atoms with Crippen molar-refractivity contribution in [2.45, 2.75) is 6.42 Å². The number of benzene rings is 4. The van der Waals surface area contributed by atoms with Crippen LogP contribution in [0.4, 0.5) is 0 Å². The van der Waals surface area contributed by atoms with Gasteiger partial charge in [-0.3, -0.25) is 4.98 Å². The van der Waals surface area contributed by atoms with Crippen molar-refractivity contribution in [3.63, 3.8) is 0 Å². The highest BCUT2D eigenvalue weighted by Crippen LogP contribution is 2.40. The van der Waals surface area contributed by atoms with E-state index in [4.69, 9.17) is 23.9 Å². The summed E-state index contributed by atoms with van der Waals surface area (Å²) in [6.45, 7) is 0. The van der Waals surface area contributed by atoms with Crippen LogP contribution in [0.15, 0.2) is 91.0 Å². The molecule has 0 aliphatic heterocycles. The normalized spacial score (nSPS) is 10.8. The van der Waals surface area contributed by atoms with Crippen LogP contribution in [0.2, 0.25) is 0 Å². The van der Waals surface area contributed by atoms with Gasteiger partial charge in [0.05, 0.1) is 39.8 Å². The molecule has 1 heterocycles. The third kappa shape index (κ3) is 4.94. The Labute approximate surface area is 217 Å². The lowest BCUT2D eigenvalue weighted by Crippen LogP contribution is -2.01. The van der Waals surface area contributed by atoms with Gasteiger partial charge in [0.25, 0.3) is 0 Å². The molecule has 0 spiro atoms. The zero-order chi connectivity index (χ0) is 25.8. The molecule has 4 aromatic carbocycles. The Kier molecular flexibility index (Phi) is 6.95. The van der Waals surface area contributed by atoms with E-state index in [2.05, 4.69) is 48.5 Å². The van der Waals surface area contributed by atoms with Gasteiger partial charge in [-0.25, -0.2) is 0 Å². The smallest absolute Gasteiger partial charge is 0.119 e. The van der Waals surface area contributed by atoms with E-state index in [0.29, 0.717) is 6.42 Å². The summed E-state index contributed by atoms with van der Waals surface area (Å²) in [5, 5.41) is 2.16. The molecule has 1 aromatic heterocycles. The molecule has 37 heavy (non-hydrogen) atoms. The molecule has 0 aliphatic rings. The summed E-state index contributed by atoms with van der Waals surface area (Å²) in [4.78, 5) is 5.29. The lowest BCUT2D eigenvalue weighted by Gasteiger charge is -2.18. The molecular formula is C32H29NO4. The monoisotopic (exact) mass is 491 g/mol. The summed E-state index contributed by atoms with van der Waals surface area (Å²) in [6, 6.07) is 30.5. The van der Waals surface area contributed by atoms with Crippen LogP contribution in [0.5, 0.6) is 23.0 Å². The first-order valence-electron chi connectivity index (χ1n) is 12.1. The van der Waals surface area contributed by atoms with Crippen LogP contribution in [-0.2, 0) is 6.42 Å². The molecule has 186 valence electrons. The Morgan fingerprint density at radius 1 is 0.514 bits per heavy atom. The van der Waals surface area contributed by atoms with Crippen LogP contribution >= 0.6 is 0 Å². The molecule has 0 aliphatic carbocycles. The van der Waals surface area contributed by atoms with Gasteiger partial charge in [0.15, 0.2) is 0 Å². The van der Waals surface area contributed by atoms with Crippen molar-refractivity contribution >= 4 is 10.8 Å². The van der Waals surface area contributed by atoms with Crippen LogP contribution in [0.25, 0.3) is 33.2 Å². The zero-order valence-electron chi connectivity index (χ0n) is 21.4. The first-order chi connectivity index (χ1) is 18.1. The Bertz CT molecular complexity index is 1510. The largest absolute Gasteiger partial charge is 0.497 e. The molecule has 5 nitrogen and oxygen atoms in total. The zero-order valence-corrected chi connectivity index (χ0v) is 21.4. The second kappa shape index (κ2) is 10.6. The lowest BCUT2D eigenvalue weighted by atomic mass is 9.91. The van der Waals surface area contributed by atoms with Gasteiger partial charge in [0.1, 0.15) is 23.0 Å². The minimum absolute atomic E-state index is 0.679. The van der Waals surface area contributed by atoms with Gasteiger partial charge in [-0.15, -0.1) is 0 Å². The molecule has 0 amide bonds. The number of pyridine rings is 1. The van der Waals surface area contributed by atoms with Gasteiger partial charge >= 0.3 is 0 Å². The third-order valence-corrected chi connectivity index (χ3v) is 6.56. The molecule has 5 rings (SSSR count). The number of hydrogen-bond donors (Lipinski definition) is 0. The first kappa shape index (κ1) is 24.2. The van der Waals surface area contributed by atoms with Gasteiger partial charge < -0.3 is 18.9 Å². The van der Waals surface area contributed by atoms with Crippen molar-refractivity contribution in [1.82, 2.24) is 4.98 Å². The summed E-state index contributed by atoms with van der Waals surface area (Å²) in [6.07, 6.45) is 0.679. The molecule has 0 saturated carbocycles. The van der Waals surface area contributed by atoms with Gasteiger partial charge in [0.2, 0.25) is 0 Å². The van der Waals surface area contributed by atoms with Crippen molar-refractivity contribution in [3.8, 4) is 45.4 Å². The van der Waals surface area contributed by atoms with E-state index >= 15 is 0 Å². The summed E-state index contributed by atoms with van der Waals surface area (Å²) < 4.78 is 21.8. The van der Waals surface area contributed by atoms with Crippen molar-refractivity contribution in [2.75, 3.05) is 28.4 Å². The highest BCUT2D eigenvalue weighted by Gasteiger charge is 2.19. The summed E-state index contributed by atoms with van der Waals surface area (Å²) in [5.41, 5.74) is 6.15. The molecule has 0 unspecified atom stereocenters. The Balaban J connectivity index is 1.78. The highest BCUT2D eigenvalue weighted by atomic mass is 16.5. The molecule has 0 N–H and O–H groups in total. The number of hydrogen-bond acceptors (Lipinski definition) is 5. The van der Waals surface area contributed by atoms with E-state index in [0.717, 1.165) is 67.4 Å². The number of methoxy groups -OCH3 is 4. The standard InChI is InChI=1S/C32H29NO4/c1-34-24-11-5-21(6-12-24)19-30-28-18-17-27(37-4)20-29(28)31(22-7-13-25(35-2)14-8-22)32(33-30)23-9-15-26(36-3)16-10-23/h5-18,20H,19H2,1-4H3. The Hall–Kier alpha value is -4.51. The van der Waals surface area contributed by atoms with Gasteiger partial charge in [-0.05, 0) is 83.2 Å². The minimum Gasteiger partial charge on any atom is -0.497 e. The minimum atomic E-state index is 0.679. The summed E-state index contributed by atoms with van der Waals surface area (Å²) in [7, 11) is 6.72. The summed E-state index contributed by atoms with van der Waals surface area (Å²) >= 11 is 0. The molecule has 0 atom stereocenters. The molecule has 0 radical (unpaired) electrons. The predicted octanol–water partition coefficient (Wildman–Crippen LogP) is 7.19. The van der Waals surface area contributed by atoms with Crippen LogP contribution < -0.4 is 18.9 Å². The van der Waals surface area contributed by atoms with E-state index in [-0.39, 0.29) is 0 Å². The second-order valence-corrected chi connectivity index (χ2v) is 8.68. The van der Waals surface area contributed by atoms with E-state index in [9.17, 15) is 0 Å². The van der Waals surface area contributed by atoms with Gasteiger partial charge in [0, 0.05) is 22.9 Å². The Morgan fingerprint density at radius 2 is 1.00 bits per heavy atom. The van der Waals surface area contributed by atoms with Gasteiger partial charge in [-0.2, -0.15) is 0 Å². The van der Waals surface area contributed by atoms with Crippen LogP contribution in [0.3, 0.4) is 0 Å². The first-order valence-corrected chi connectivity index (χ1v) is 12.1. The van der Waals surface area contributed by atoms with E-state index in [1.54, 1.807) is 28.4 Å². The van der Waals surface area contributed by atoms with E-state index in [1.807, 2.05) is 42.5 Å². The van der Waals surface area contributed by atoms with E-state index in [1.165, 1.54) is 0 Å². The lowest BCUT2D eigenvalue weighted by molar-refractivity contribution is 0.414. The van der Waals surface area contributed by atoms with Crippen molar-refractivity contribution in [2.24, 2.45) is 0 Å². The topological polar surface area (TPSA) is 49.8 Å². The fraction of sp³-hybridized carbons (Fsp3) is 0.156. The summed E-state index contributed by atoms with van der Waals surface area (Å²) in [5.74, 6) is 3.24. The molecule has 0 saturated heterocycles. The fourth-order valence-electron chi connectivity index (χ4n) is 4.57. The van der Waals surface area contributed by atoms with Crippen molar-refractivity contribution < 1.29 is 18.9 Å². The third-order valence-electron chi connectivity index (χ3n) is 6.56. The maximum absolute atomic E-state index is 5.64. The van der Waals surface area contributed by atoms with Gasteiger partial charge in [-0.1, -0.05) is 24.3 Å². The van der Waals surface area contributed by atoms with Crippen LogP contribution in [0, 0.1) is 0 Å². The second-order valence-electron chi connectivity index (χ2n) is 8.68.